The molecular formula is C24H20F2N2O4. The predicted octanol–water partition coefficient (Wildman–Crippen LogP) is 3.15. The molecule has 7 rings (SSSR count). The first kappa shape index (κ1) is 19.4. The van der Waals surface area contributed by atoms with Gasteiger partial charge in [0, 0.05) is 5.92 Å². The Morgan fingerprint density at radius 3 is 2.28 bits per heavy atom. The third-order valence-corrected chi connectivity index (χ3v) is 7.84. The molecule has 164 valence electrons. The van der Waals surface area contributed by atoms with Gasteiger partial charge < -0.3 is 10.1 Å². The Labute approximate surface area is 182 Å². The number of carbonyl (C=O) groups is 3. The van der Waals surface area contributed by atoms with Crippen molar-refractivity contribution in [2.24, 2.45) is 23.2 Å². The second kappa shape index (κ2) is 6.37. The fraction of sp³-hybridized carbons (Fsp3) is 0.375. The van der Waals surface area contributed by atoms with E-state index in [0.717, 1.165) is 0 Å². The van der Waals surface area contributed by atoms with Crippen LogP contribution in [0.2, 0.25) is 0 Å². The van der Waals surface area contributed by atoms with Crippen molar-refractivity contribution in [1.29, 1.82) is 0 Å². The number of nitrogens with one attached hydrogen (secondary N) is 1. The molecule has 8 heteroatoms. The molecule has 1 saturated heterocycles. The first-order chi connectivity index (χ1) is 15.4. The maximum atomic E-state index is 13.4. The SMILES string of the molecule is O=C1N[C@@]2(C(=O)N1Cc1ccc(F)cc1)[C@@H]1C[C@@H]3[C@H]2[C@@]3(C(=O)OCc2ccc(F)cc2)C1. The second-order valence-electron chi connectivity index (χ2n) is 9.28. The lowest BCUT2D eigenvalue weighted by Crippen LogP contribution is -2.50. The Balaban J connectivity index is 1.20. The van der Waals surface area contributed by atoms with Crippen molar-refractivity contribution in [3.05, 3.63) is 71.3 Å². The van der Waals surface area contributed by atoms with Gasteiger partial charge in [-0.15, -0.1) is 0 Å². The molecule has 4 saturated carbocycles. The number of hydrogen-bond acceptors (Lipinski definition) is 4. The quantitative estimate of drug-likeness (QED) is 0.575. The van der Waals surface area contributed by atoms with Crippen LogP contribution in [-0.2, 0) is 27.5 Å². The molecule has 4 bridgehead atoms. The Hall–Kier alpha value is -3.29. The Kier molecular flexibility index (Phi) is 3.86. The zero-order valence-electron chi connectivity index (χ0n) is 17.0. The average molecular weight is 438 g/mol. The number of halogens is 2. The molecular weight excluding hydrogens is 418 g/mol. The smallest absolute Gasteiger partial charge is 0.325 e. The van der Waals surface area contributed by atoms with E-state index in [2.05, 4.69) is 5.32 Å². The van der Waals surface area contributed by atoms with Gasteiger partial charge in [-0.25, -0.2) is 13.6 Å². The van der Waals surface area contributed by atoms with Crippen molar-refractivity contribution in [2.45, 2.75) is 31.5 Å². The van der Waals surface area contributed by atoms with Gasteiger partial charge in [0.1, 0.15) is 23.8 Å². The molecule has 0 unspecified atom stereocenters. The number of carbonyl (C=O) groups excluding carboxylic acids is 3. The zero-order chi connectivity index (χ0) is 22.3. The predicted molar refractivity (Wildman–Crippen MR) is 107 cm³/mol. The summed E-state index contributed by atoms with van der Waals surface area (Å²) in [5.74, 6) is -1.77. The summed E-state index contributed by atoms with van der Waals surface area (Å²) in [4.78, 5) is 40.4. The van der Waals surface area contributed by atoms with E-state index in [4.69, 9.17) is 4.74 Å². The van der Waals surface area contributed by atoms with Gasteiger partial charge in [-0.1, -0.05) is 24.3 Å². The largest absolute Gasteiger partial charge is 0.460 e. The van der Waals surface area contributed by atoms with Crippen LogP contribution in [0.1, 0.15) is 24.0 Å². The van der Waals surface area contributed by atoms with E-state index in [1.807, 2.05) is 0 Å². The molecule has 1 spiro atoms. The van der Waals surface area contributed by atoms with Crippen LogP contribution < -0.4 is 5.32 Å². The molecule has 2 aromatic carbocycles. The minimum atomic E-state index is -1.06. The summed E-state index contributed by atoms with van der Waals surface area (Å²) in [6.07, 6.45) is 1.22. The first-order valence-corrected chi connectivity index (χ1v) is 10.7. The normalized spacial score (nSPS) is 33.7. The maximum absolute atomic E-state index is 13.4. The molecule has 3 amide bonds. The number of benzene rings is 2. The van der Waals surface area contributed by atoms with Gasteiger partial charge in [0.2, 0.25) is 0 Å². The summed E-state index contributed by atoms with van der Waals surface area (Å²) in [5, 5.41) is 2.92. The number of urea groups is 1. The highest BCUT2D eigenvalue weighted by Crippen LogP contribution is 2.83. The van der Waals surface area contributed by atoms with Gasteiger partial charge in [0.05, 0.1) is 12.0 Å². The fourth-order valence-corrected chi connectivity index (χ4v) is 6.51. The van der Waals surface area contributed by atoms with Gasteiger partial charge >= 0.3 is 12.0 Å². The van der Waals surface area contributed by atoms with Crippen LogP contribution >= 0.6 is 0 Å². The van der Waals surface area contributed by atoms with Crippen LogP contribution in [0.4, 0.5) is 13.6 Å². The molecule has 6 nitrogen and oxygen atoms in total. The number of amides is 3. The Bertz CT molecular complexity index is 1150. The van der Waals surface area contributed by atoms with E-state index in [-0.39, 0.29) is 54.4 Å². The Morgan fingerprint density at radius 1 is 1.03 bits per heavy atom. The summed E-state index contributed by atoms with van der Waals surface area (Å²) >= 11 is 0. The number of esters is 1. The van der Waals surface area contributed by atoms with E-state index in [9.17, 15) is 23.2 Å². The standard InChI is InChI=1S/C24H20F2N2O4/c25-16-5-1-13(2-6-16)11-28-20(29)24(27-22(28)31)15-9-18-19(24)23(18,10-15)21(30)32-12-14-3-7-17(26)8-4-14/h1-8,15,18-19H,9-12H2,(H,27,31)/t15-,18-,19+,23-,24+/m1/s1. The summed E-state index contributed by atoms with van der Waals surface area (Å²) in [6, 6.07) is 10.9. The molecule has 1 N–H and O–H groups in total. The van der Waals surface area contributed by atoms with Crippen LogP contribution in [0.3, 0.4) is 0 Å². The molecule has 4 aliphatic carbocycles. The Morgan fingerprint density at radius 2 is 1.66 bits per heavy atom. The average Bonchev–Trinajstić information content (AvgIpc) is 3.09. The topological polar surface area (TPSA) is 75.7 Å². The minimum absolute atomic E-state index is 0.0169. The second-order valence-corrected chi connectivity index (χ2v) is 9.28. The molecule has 5 aliphatic rings. The molecule has 0 aromatic heterocycles. The van der Waals surface area contributed by atoms with Gasteiger partial charge in [-0.2, -0.15) is 0 Å². The fourth-order valence-electron chi connectivity index (χ4n) is 6.51. The third kappa shape index (κ3) is 2.40. The summed E-state index contributed by atoms with van der Waals surface area (Å²) in [6.45, 7) is 0.0911. The summed E-state index contributed by atoms with van der Waals surface area (Å²) < 4.78 is 31.8. The van der Waals surface area contributed by atoms with Crippen molar-refractivity contribution in [2.75, 3.05) is 0 Å². The van der Waals surface area contributed by atoms with Gasteiger partial charge in [0.25, 0.3) is 5.91 Å². The molecule has 0 radical (unpaired) electrons. The summed E-state index contributed by atoms with van der Waals surface area (Å²) in [7, 11) is 0. The van der Waals surface area contributed by atoms with Crippen molar-refractivity contribution >= 4 is 17.9 Å². The molecule has 5 fully saturated rings. The number of hydrogen-bond donors (Lipinski definition) is 1. The monoisotopic (exact) mass is 438 g/mol. The van der Waals surface area contributed by atoms with Crippen LogP contribution in [0.5, 0.6) is 0 Å². The number of ether oxygens (including phenoxy) is 1. The lowest BCUT2D eigenvalue weighted by molar-refractivity contribution is -0.152. The van der Waals surface area contributed by atoms with E-state index in [1.54, 1.807) is 24.3 Å². The molecule has 1 heterocycles. The first-order valence-electron chi connectivity index (χ1n) is 10.7. The van der Waals surface area contributed by atoms with E-state index >= 15 is 0 Å². The number of nitrogens with zero attached hydrogens (tertiary/aromatic N) is 1. The molecule has 2 aromatic rings. The zero-order valence-corrected chi connectivity index (χ0v) is 17.0. The van der Waals surface area contributed by atoms with Crippen LogP contribution in [0, 0.1) is 34.8 Å². The molecule has 32 heavy (non-hydrogen) atoms. The van der Waals surface area contributed by atoms with Crippen molar-refractivity contribution in [3.63, 3.8) is 0 Å². The van der Waals surface area contributed by atoms with Gasteiger partial charge in [0.15, 0.2) is 0 Å². The summed E-state index contributed by atoms with van der Waals surface area (Å²) in [5.41, 5.74) is -0.460. The number of rotatable bonds is 5. The maximum Gasteiger partial charge on any atom is 0.325 e. The minimum Gasteiger partial charge on any atom is -0.460 e. The number of imide groups is 1. The highest BCUT2D eigenvalue weighted by atomic mass is 19.1. The van der Waals surface area contributed by atoms with Gasteiger partial charge in [-0.3, -0.25) is 14.5 Å². The molecule has 5 atom stereocenters. The lowest BCUT2D eigenvalue weighted by atomic mass is 9.88. The van der Waals surface area contributed by atoms with Crippen molar-refractivity contribution in [1.82, 2.24) is 10.2 Å². The van der Waals surface area contributed by atoms with Crippen molar-refractivity contribution in [3.8, 4) is 0 Å². The van der Waals surface area contributed by atoms with Crippen molar-refractivity contribution < 1.29 is 27.9 Å². The highest BCUT2D eigenvalue weighted by molar-refractivity contribution is 6.09. The third-order valence-electron chi connectivity index (χ3n) is 7.84. The molecule has 1 aliphatic heterocycles. The lowest BCUT2D eigenvalue weighted by Gasteiger charge is -2.25. The van der Waals surface area contributed by atoms with Crippen LogP contribution in [-0.4, -0.2) is 28.3 Å². The van der Waals surface area contributed by atoms with Crippen LogP contribution in [0.25, 0.3) is 0 Å². The van der Waals surface area contributed by atoms with Crippen LogP contribution in [0.15, 0.2) is 48.5 Å². The van der Waals surface area contributed by atoms with E-state index in [0.29, 0.717) is 24.0 Å². The highest BCUT2D eigenvalue weighted by Gasteiger charge is 2.91. The van der Waals surface area contributed by atoms with Gasteiger partial charge in [-0.05, 0) is 60.1 Å². The van der Waals surface area contributed by atoms with E-state index in [1.165, 1.54) is 29.2 Å². The van der Waals surface area contributed by atoms with E-state index < -0.39 is 17.0 Å².